The summed E-state index contributed by atoms with van der Waals surface area (Å²) in [5.41, 5.74) is 4.65. The molecule has 1 fully saturated rings. The van der Waals surface area contributed by atoms with Crippen LogP contribution in [0.1, 0.15) is 44.4 Å². The maximum absolute atomic E-state index is 13.9. The fraction of sp³-hybridized carbons (Fsp3) is 0.129. The molecule has 3 aliphatic carbocycles. The number of hydrogen-bond acceptors (Lipinski definition) is 6. The summed E-state index contributed by atoms with van der Waals surface area (Å²) in [6, 6.07) is 27.6. The van der Waals surface area contributed by atoms with E-state index in [1.165, 1.54) is 35.2 Å². The average molecular weight is 517 g/mol. The van der Waals surface area contributed by atoms with Crippen molar-refractivity contribution in [2.24, 2.45) is 11.8 Å². The van der Waals surface area contributed by atoms with Gasteiger partial charge in [-0.15, -0.1) is 0 Å². The average Bonchev–Trinajstić information content (AvgIpc) is 3.23. The van der Waals surface area contributed by atoms with E-state index in [2.05, 4.69) is 24.3 Å². The minimum atomic E-state index is -0.752. The molecule has 4 aromatic rings. The molecule has 1 aliphatic heterocycles. The van der Waals surface area contributed by atoms with Gasteiger partial charge >= 0.3 is 5.97 Å². The molecule has 0 saturated carbocycles. The Morgan fingerprint density at radius 3 is 1.72 bits per heavy atom. The van der Waals surface area contributed by atoms with Gasteiger partial charge in [-0.25, -0.2) is 9.69 Å². The van der Waals surface area contributed by atoms with Crippen LogP contribution < -0.4 is 9.64 Å². The van der Waals surface area contributed by atoms with Crippen LogP contribution in [0, 0.1) is 22.0 Å². The van der Waals surface area contributed by atoms with E-state index in [0.717, 1.165) is 28.3 Å². The number of anilines is 1. The lowest BCUT2D eigenvalue weighted by Gasteiger charge is -2.45. The highest BCUT2D eigenvalue weighted by molar-refractivity contribution is 6.23. The molecule has 39 heavy (non-hydrogen) atoms. The summed E-state index contributed by atoms with van der Waals surface area (Å²) in [6.45, 7) is 0. The molecule has 4 aromatic carbocycles. The third kappa shape index (κ3) is 3.34. The van der Waals surface area contributed by atoms with Gasteiger partial charge in [-0.05, 0) is 52.6 Å². The lowest BCUT2D eigenvalue weighted by Crippen LogP contribution is -2.41. The topological polar surface area (TPSA) is 107 Å². The Morgan fingerprint density at radius 1 is 0.718 bits per heavy atom. The monoisotopic (exact) mass is 516 g/mol. The van der Waals surface area contributed by atoms with Crippen molar-refractivity contribution >= 4 is 29.2 Å². The van der Waals surface area contributed by atoms with Crippen LogP contribution in [0.15, 0.2) is 97.1 Å². The number of rotatable bonds is 4. The summed E-state index contributed by atoms with van der Waals surface area (Å²) in [7, 11) is 0. The number of amides is 2. The van der Waals surface area contributed by atoms with Gasteiger partial charge in [0.15, 0.2) is 0 Å². The number of imide groups is 1. The minimum Gasteiger partial charge on any atom is -0.423 e. The molecule has 8 heteroatoms. The van der Waals surface area contributed by atoms with Crippen LogP contribution in [0.2, 0.25) is 0 Å². The Balaban J connectivity index is 1.18. The molecule has 190 valence electrons. The zero-order valence-electron chi connectivity index (χ0n) is 20.4. The molecular formula is C31H20N2O6. The second kappa shape index (κ2) is 8.46. The van der Waals surface area contributed by atoms with Crippen molar-refractivity contribution in [3.05, 3.63) is 135 Å². The fourth-order valence-electron chi connectivity index (χ4n) is 6.51. The smallest absolute Gasteiger partial charge is 0.343 e. The molecule has 2 atom stereocenters. The van der Waals surface area contributed by atoms with Crippen molar-refractivity contribution in [2.45, 2.75) is 11.8 Å². The zero-order valence-corrected chi connectivity index (χ0v) is 20.4. The van der Waals surface area contributed by atoms with Gasteiger partial charge in [0.1, 0.15) is 5.75 Å². The number of ether oxygens (including phenoxy) is 1. The number of carbonyl (C=O) groups excluding carboxylic acids is 3. The maximum Gasteiger partial charge on any atom is 0.343 e. The molecule has 0 aromatic heterocycles. The van der Waals surface area contributed by atoms with Gasteiger partial charge in [0.2, 0.25) is 11.8 Å². The molecule has 8 nitrogen and oxygen atoms in total. The zero-order chi connectivity index (χ0) is 26.8. The van der Waals surface area contributed by atoms with Gasteiger partial charge in [0, 0.05) is 24.0 Å². The van der Waals surface area contributed by atoms with Gasteiger partial charge in [0.05, 0.1) is 28.0 Å². The van der Waals surface area contributed by atoms with Crippen LogP contribution in [0.5, 0.6) is 5.75 Å². The standard InChI is InChI=1S/C31H20N2O6/c34-29-27-25-21-8-1-2-9-22(21)26(24-11-4-3-10-23(24)25)28(27)30(35)32(29)18-12-14-20(15-13-18)39-31(36)17-6-5-7-19(16-17)33(37)38/h1-16,25-28H/t25?,26?,27-,28+. The lowest BCUT2D eigenvalue weighted by atomic mass is 9.55. The summed E-state index contributed by atoms with van der Waals surface area (Å²) < 4.78 is 5.38. The number of benzene rings is 4. The van der Waals surface area contributed by atoms with Crippen LogP contribution in [0.3, 0.4) is 0 Å². The minimum absolute atomic E-state index is 0.0388. The number of non-ortho nitro benzene ring substituents is 1. The Labute approximate surface area is 222 Å². The molecule has 8 rings (SSSR count). The molecule has 2 amide bonds. The molecule has 0 spiro atoms. The van der Waals surface area contributed by atoms with Crippen molar-refractivity contribution in [1.82, 2.24) is 0 Å². The van der Waals surface area contributed by atoms with Gasteiger partial charge < -0.3 is 4.74 Å². The van der Waals surface area contributed by atoms with Crippen molar-refractivity contribution < 1.29 is 24.0 Å². The number of esters is 1. The predicted octanol–water partition coefficient (Wildman–Crippen LogP) is 5.21. The van der Waals surface area contributed by atoms with Crippen LogP contribution in [0.25, 0.3) is 0 Å². The first-order valence-electron chi connectivity index (χ1n) is 12.6. The van der Waals surface area contributed by atoms with Gasteiger partial charge in [-0.3, -0.25) is 19.7 Å². The van der Waals surface area contributed by atoms with E-state index in [0.29, 0.717) is 5.69 Å². The largest absolute Gasteiger partial charge is 0.423 e. The second-order valence-corrected chi connectivity index (χ2v) is 9.97. The van der Waals surface area contributed by atoms with Gasteiger partial charge in [-0.1, -0.05) is 54.6 Å². The lowest BCUT2D eigenvalue weighted by molar-refractivity contribution is -0.384. The van der Waals surface area contributed by atoms with Crippen LogP contribution in [-0.4, -0.2) is 22.7 Å². The Bertz CT molecular complexity index is 1600. The van der Waals surface area contributed by atoms with Crippen molar-refractivity contribution in [3.8, 4) is 5.75 Å². The quantitative estimate of drug-likeness (QED) is 0.121. The first kappa shape index (κ1) is 23.0. The molecule has 2 bridgehead atoms. The molecule has 1 heterocycles. The SMILES string of the molecule is O=C(Oc1ccc(N2C(=O)[C@@H]3C4c5ccccc5C(c5ccccc54)[C@@H]3C2=O)cc1)c1cccc([N+](=O)[O-])c1. The normalized spacial score (nSPS) is 22.2. The number of hydrogen-bond donors (Lipinski definition) is 0. The van der Waals surface area contributed by atoms with E-state index < -0.39 is 22.7 Å². The van der Waals surface area contributed by atoms with E-state index in [1.807, 2.05) is 24.3 Å². The molecular weight excluding hydrogens is 496 g/mol. The van der Waals surface area contributed by atoms with Crippen LogP contribution in [0.4, 0.5) is 11.4 Å². The van der Waals surface area contributed by atoms with Crippen molar-refractivity contribution in [3.63, 3.8) is 0 Å². The second-order valence-electron chi connectivity index (χ2n) is 9.97. The summed E-state index contributed by atoms with van der Waals surface area (Å²) in [5.74, 6) is -2.38. The molecule has 1 saturated heterocycles. The van der Waals surface area contributed by atoms with Crippen LogP contribution >= 0.6 is 0 Å². The summed E-state index contributed by atoms with van der Waals surface area (Å²) in [4.78, 5) is 51.9. The Kier molecular flexibility index (Phi) is 5.00. The molecule has 4 aliphatic rings. The van der Waals surface area contributed by atoms with E-state index in [1.54, 1.807) is 12.1 Å². The fourth-order valence-corrected chi connectivity index (χ4v) is 6.51. The highest BCUT2D eigenvalue weighted by Gasteiger charge is 2.61. The van der Waals surface area contributed by atoms with Crippen molar-refractivity contribution in [1.29, 1.82) is 0 Å². The number of carbonyl (C=O) groups is 3. The van der Waals surface area contributed by atoms with Crippen LogP contribution in [-0.2, 0) is 9.59 Å². The van der Waals surface area contributed by atoms with E-state index in [9.17, 15) is 24.5 Å². The third-order valence-corrected chi connectivity index (χ3v) is 8.05. The van der Waals surface area contributed by atoms with E-state index in [-0.39, 0.29) is 40.7 Å². The van der Waals surface area contributed by atoms with Gasteiger partial charge in [-0.2, -0.15) is 0 Å². The predicted molar refractivity (Wildman–Crippen MR) is 141 cm³/mol. The maximum atomic E-state index is 13.9. The number of nitro groups is 1. The summed E-state index contributed by atoms with van der Waals surface area (Å²) in [6.07, 6.45) is 0. The van der Waals surface area contributed by atoms with Crippen molar-refractivity contribution in [2.75, 3.05) is 4.90 Å². The number of nitrogens with zero attached hydrogens (tertiary/aromatic N) is 2. The Morgan fingerprint density at radius 2 is 1.23 bits per heavy atom. The highest BCUT2D eigenvalue weighted by Crippen LogP contribution is 2.61. The number of nitro benzene ring substituents is 1. The third-order valence-electron chi connectivity index (χ3n) is 8.05. The first-order valence-corrected chi connectivity index (χ1v) is 12.6. The highest BCUT2D eigenvalue weighted by atomic mass is 16.6. The molecule has 0 unspecified atom stereocenters. The first-order chi connectivity index (χ1) is 18.9. The van der Waals surface area contributed by atoms with E-state index in [4.69, 9.17) is 4.74 Å². The molecule has 0 N–H and O–H groups in total. The molecule has 0 radical (unpaired) electrons. The summed E-state index contributed by atoms with van der Waals surface area (Å²) in [5, 5.41) is 11.0. The van der Waals surface area contributed by atoms with E-state index >= 15 is 0 Å². The summed E-state index contributed by atoms with van der Waals surface area (Å²) >= 11 is 0. The van der Waals surface area contributed by atoms with Gasteiger partial charge in [0.25, 0.3) is 5.69 Å². The Hall–Kier alpha value is -5.11.